The number of rotatable bonds is 4. The van der Waals surface area contributed by atoms with Crippen LogP contribution in [0.15, 0.2) is 24.8 Å². The lowest BCUT2D eigenvalue weighted by Crippen LogP contribution is -2.32. The molecule has 20 heavy (non-hydrogen) atoms. The van der Waals surface area contributed by atoms with Crippen LogP contribution in [0.1, 0.15) is 35.2 Å². The maximum Gasteiger partial charge on any atom is 0.364 e. The van der Waals surface area contributed by atoms with E-state index in [9.17, 15) is 14.9 Å². The summed E-state index contributed by atoms with van der Waals surface area (Å²) in [7, 11) is 0. The van der Waals surface area contributed by atoms with Crippen LogP contribution < -0.4 is 0 Å². The minimum Gasteiger partial charge on any atom is -0.364 e. The van der Waals surface area contributed by atoms with Crippen molar-refractivity contribution in [2.75, 3.05) is 13.1 Å². The van der Waals surface area contributed by atoms with Crippen molar-refractivity contribution in [1.82, 2.24) is 5.06 Å². The summed E-state index contributed by atoms with van der Waals surface area (Å²) in [5.41, 5.74) is 0.293. The molecule has 0 bridgehead atoms. The fourth-order valence-corrected chi connectivity index (χ4v) is 2.12. The Bertz CT molecular complexity index is 536. The van der Waals surface area contributed by atoms with Crippen molar-refractivity contribution in [3.05, 3.63) is 46.0 Å². The normalized spacial score (nSPS) is 15.6. The van der Waals surface area contributed by atoms with Crippen molar-refractivity contribution in [1.29, 1.82) is 0 Å². The Hall–Kier alpha value is -2.21. The zero-order valence-corrected chi connectivity index (χ0v) is 11.1. The minimum atomic E-state index is -0.686. The van der Waals surface area contributed by atoms with E-state index >= 15 is 0 Å². The van der Waals surface area contributed by atoms with Gasteiger partial charge in [-0.25, -0.2) is 4.79 Å². The topological polar surface area (TPSA) is 72.7 Å². The first-order valence-electron chi connectivity index (χ1n) is 6.50. The molecule has 0 aromatic heterocycles. The van der Waals surface area contributed by atoms with E-state index in [0.717, 1.165) is 19.3 Å². The van der Waals surface area contributed by atoms with Gasteiger partial charge in [0.1, 0.15) is 5.56 Å². The summed E-state index contributed by atoms with van der Waals surface area (Å²) >= 11 is 0. The molecule has 0 radical (unpaired) electrons. The average molecular weight is 276 g/mol. The second-order valence-corrected chi connectivity index (χ2v) is 4.61. The number of hydrogen-bond acceptors (Lipinski definition) is 5. The van der Waals surface area contributed by atoms with Crippen LogP contribution in [0.3, 0.4) is 0 Å². The van der Waals surface area contributed by atoms with Gasteiger partial charge in [0.25, 0.3) is 5.69 Å². The predicted octanol–water partition coefficient (Wildman–Crippen LogP) is 2.80. The van der Waals surface area contributed by atoms with Gasteiger partial charge in [-0.2, -0.15) is 0 Å². The van der Waals surface area contributed by atoms with Crippen molar-refractivity contribution in [3.63, 3.8) is 0 Å². The second-order valence-electron chi connectivity index (χ2n) is 4.61. The first-order valence-corrected chi connectivity index (χ1v) is 6.50. The quantitative estimate of drug-likeness (QED) is 0.624. The number of benzene rings is 1. The third kappa shape index (κ3) is 3.21. The fraction of sp³-hybridized carbons (Fsp3) is 0.357. The molecule has 0 N–H and O–H groups in total. The lowest BCUT2D eigenvalue weighted by Gasteiger charge is -2.24. The molecule has 1 aromatic rings. The van der Waals surface area contributed by atoms with E-state index in [1.165, 1.54) is 18.2 Å². The maximum absolute atomic E-state index is 12.0. The summed E-state index contributed by atoms with van der Waals surface area (Å²) < 4.78 is 0. The van der Waals surface area contributed by atoms with Gasteiger partial charge in [-0.15, -0.1) is 5.06 Å². The number of carbonyl (C=O) groups is 1. The molecule has 1 heterocycles. The summed E-state index contributed by atoms with van der Waals surface area (Å²) in [5, 5.41) is 12.6. The van der Waals surface area contributed by atoms with Gasteiger partial charge in [0.2, 0.25) is 0 Å². The molecular formula is C14H16N2O4. The molecule has 1 fully saturated rings. The minimum absolute atomic E-state index is 0.0360. The Kier molecular flexibility index (Phi) is 4.47. The van der Waals surface area contributed by atoms with E-state index in [0.29, 0.717) is 18.7 Å². The molecule has 0 amide bonds. The number of carbonyl (C=O) groups excluding carboxylic acids is 1. The van der Waals surface area contributed by atoms with E-state index in [4.69, 9.17) is 4.84 Å². The Balaban J connectivity index is 2.19. The van der Waals surface area contributed by atoms with Gasteiger partial charge in [0.15, 0.2) is 0 Å². The number of nitrogens with zero attached hydrogens (tertiary/aromatic N) is 2. The molecular weight excluding hydrogens is 260 g/mol. The summed E-state index contributed by atoms with van der Waals surface area (Å²) in [4.78, 5) is 27.7. The summed E-state index contributed by atoms with van der Waals surface area (Å²) in [6.07, 6.45) is 4.53. The third-order valence-electron chi connectivity index (χ3n) is 3.20. The highest BCUT2D eigenvalue weighted by Crippen LogP contribution is 2.22. The van der Waals surface area contributed by atoms with E-state index in [1.807, 2.05) is 0 Å². The Morgan fingerprint density at radius 2 is 2.05 bits per heavy atom. The smallest absolute Gasteiger partial charge is 0.364 e. The van der Waals surface area contributed by atoms with Crippen LogP contribution in [0.25, 0.3) is 6.08 Å². The number of piperidine rings is 1. The molecule has 0 unspecified atom stereocenters. The van der Waals surface area contributed by atoms with Gasteiger partial charge < -0.3 is 4.84 Å². The molecule has 1 aromatic carbocycles. The lowest BCUT2D eigenvalue weighted by molar-refractivity contribution is -0.385. The summed E-state index contributed by atoms with van der Waals surface area (Å²) in [6, 6.07) is 4.33. The van der Waals surface area contributed by atoms with Crippen LogP contribution >= 0.6 is 0 Å². The van der Waals surface area contributed by atoms with E-state index in [2.05, 4.69) is 6.58 Å². The average Bonchev–Trinajstić information content (AvgIpc) is 2.47. The molecule has 1 aliphatic heterocycles. The molecule has 0 saturated carbocycles. The molecule has 0 atom stereocenters. The van der Waals surface area contributed by atoms with Crippen LogP contribution in [0.5, 0.6) is 0 Å². The molecule has 0 aliphatic carbocycles. The highest BCUT2D eigenvalue weighted by molar-refractivity contribution is 5.94. The van der Waals surface area contributed by atoms with Crippen molar-refractivity contribution in [3.8, 4) is 0 Å². The van der Waals surface area contributed by atoms with Gasteiger partial charge in [-0.1, -0.05) is 25.1 Å². The summed E-state index contributed by atoms with van der Waals surface area (Å²) in [5.74, 6) is -0.686. The zero-order valence-electron chi connectivity index (χ0n) is 11.1. The Labute approximate surface area is 116 Å². The largest absolute Gasteiger partial charge is 0.364 e. The monoisotopic (exact) mass is 276 g/mol. The predicted molar refractivity (Wildman–Crippen MR) is 74.0 cm³/mol. The maximum atomic E-state index is 12.0. The molecule has 6 heteroatoms. The van der Waals surface area contributed by atoms with E-state index in [1.54, 1.807) is 11.1 Å². The highest BCUT2D eigenvalue weighted by atomic mass is 16.7. The van der Waals surface area contributed by atoms with Gasteiger partial charge in [0.05, 0.1) is 4.92 Å². The number of nitro benzene ring substituents is 1. The van der Waals surface area contributed by atoms with Crippen molar-refractivity contribution >= 4 is 17.7 Å². The molecule has 6 nitrogen and oxygen atoms in total. The van der Waals surface area contributed by atoms with Gasteiger partial charge in [-0.3, -0.25) is 10.1 Å². The summed E-state index contributed by atoms with van der Waals surface area (Å²) in [6.45, 7) is 4.89. The molecule has 1 saturated heterocycles. The van der Waals surface area contributed by atoms with Crippen molar-refractivity contribution in [2.45, 2.75) is 19.3 Å². The first kappa shape index (κ1) is 14.2. The lowest BCUT2D eigenvalue weighted by atomic mass is 10.1. The fourth-order valence-electron chi connectivity index (χ4n) is 2.12. The molecule has 106 valence electrons. The number of nitro groups is 1. The van der Waals surface area contributed by atoms with Crippen molar-refractivity contribution in [2.24, 2.45) is 0 Å². The Morgan fingerprint density at radius 1 is 1.35 bits per heavy atom. The second kappa shape index (κ2) is 6.29. The van der Waals surface area contributed by atoms with E-state index in [-0.39, 0.29) is 11.3 Å². The van der Waals surface area contributed by atoms with Gasteiger partial charge >= 0.3 is 5.97 Å². The third-order valence-corrected chi connectivity index (χ3v) is 3.20. The number of hydroxylamine groups is 2. The Morgan fingerprint density at radius 3 is 2.65 bits per heavy atom. The number of hydrogen-bond donors (Lipinski definition) is 0. The highest BCUT2D eigenvalue weighted by Gasteiger charge is 2.24. The van der Waals surface area contributed by atoms with Crippen LogP contribution in [0, 0.1) is 10.1 Å². The van der Waals surface area contributed by atoms with Crippen LogP contribution in [-0.4, -0.2) is 29.0 Å². The zero-order chi connectivity index (χ0) is 14.5. The molecule has 1 aliphatic rings. The van der Waals surface area contributed by atoms with Crippen LogP contribution in [-0.2, 0) is 4.84 Å². The molecule has 0 spiro atoms. The molecule has 2 rings (SSSR count). The standard InChI is InChI=1S/C14H16N2O4/c1-2-11-6-7-12(13(10-11)16(18)19)14(17)20-15-8-4-3-5-9-15/h2,6-7,10H,1,3-5,8-9H2. The SMILES string of the molecule is C=Cc1ccc(C(=O)ON2CCCCC2)c([N+](=O)[O-])c1. The van der Waals surface area contributed by atoms with Crippen molar-refractivity contribution < 1.29 is 14.6 Å². The van der Waals surface area contributed by atoms with Gasteiger partial charge in [0, 0.05) is 19.2 Å². The van der Waals surface area contributed by atoms with Gasteiger partial charge in [-0.05, 0) is 24.5 Å². The van der Waals surface area contributed by atoms with E-state index < -0.39 is 10.9 Å². The van der Waals surface area contributed by atoms with Crippen LogP contribution in [0.2, 0.25) is 0 Å². The van der Waals surface area contributed by atoms with Crippen LogP contribution in [0.4, 0.5) is 5.69 Å². The first-order chi connectivity index (χ1) is 9.61.